The summed E-state index contributed by atoms with van der Waals surface area (Å²) in [7, 11) is 5.80. The first-order valence-electron chi connectivity index (χ1n) is 7.74. The van der Waals surface area contributed by atoms with Gasteiger partial charge in [-0.05, 0) is 39.8 Å². The molecular weight excluding hydrogens is 270 g/mol. The van der Waals surface area contributed by atoms with Crippen molar-refractivity contribution in [2.24, 2.45) is 0 Å². The van der Waals surface area contributed by atoms with Gasteiger partial charge in [0.05, 0.1) is 0 Å². The van der Waals surface area contributed by atoms with Crippen LogP contribution in [0.25, 0.3) is 0 Å². The van der Waals surface area contributed by atoms with Crippen molar-refractivity contribution in [1.82, 2.24) is 15.1 Å². The number of hydrogen-bond acceptors (Lipinski definition) is 3. The lowest BCUT2D eigenvalue weighted by atomic mass is 9.75. The summed E-state index contributed by atoms with van der Waals surface area (Å²) >= 11 is 0. The summed E-state index contributed by atoms with van der Waals surface area (Å²) in [6, 6.07) is -1.09. The maximum Gasteiger partial charge on any atom is 0.326 e. The van der Waals surface area contributed by atoms with Gasteiger partial charge in [-0.15, -0.1) is 0 Å². The number of urea groups is 1. The zero-order valence-corrected chi connectivity index (χ0v) is 13.7. The highest BCUT2D eigenvalue weighted by atomic mass is 16.4. The van der Waals surface area contributed by atoms with E-state index in [2.05, 4.69) is 10.2 Å². The van der Waals surface area contributed by atoms with Gasteiger partial charge >= 0.3 is 12.0 Å². The first-order valence-corrected chi connectivity index (χ1v) is 7.74. The monoisotopic (exact) mass is 299 g/mol. The Labute approximate surface area is 127 Å². The third-order valence-electron chi connectivity index (χ3n) is 4.55. The van der Waals surface area contributed by atoms with Gasteiger partial charge in [0, 0.05) is 19.1 Å². The molecule has 1 atom stereocenters. The molecule has 2 N–H and O–H groups in total. The Morgan fingerprint density at radius 3 is 2.29 bits per heavy atom. The number of carboxylic acid groups (broad SMARTS) is 1. The van der Waals surface area contributed by atoms with Gasteiger partial charge in [0.1, 0.15) is 6.04 Å². The minimum atomic E-state index is -0.962. The van der Waals surface area contributed by atoms with Gasteiger partial charge in [0.25, 0.3) is 0 Å². The molecule has 0 radical (unpaired) electrons. The van der Waals surface area contributed by atoms with Gasteiger partial charge < -0.3 is 20.2 Å². The van der Waals surface area contributed by atoms with E-state index in [1.165, 1.54) is 6.42 Å². The highest BCUT2D eigenvalue weighted by Crippen LogP contribution is 2.36. The number of carbonyl (C=O) groups is 2. The van der Waals surface area contributed by atoms with E-state index >= 15 is 0 Å². The van der Waals surface area contributed by atoms with E-state index in [1.54, 1.807) is 11.9 Å². The second-order valence-electron chi connectivity index (χ2n) is 6.31. The fourth-order valence-electron chi connectivity index (χ4n) is 2.77. The summed E-state index contributed by atoms with van der Waals surface area (Å²) in [4.78, 5) is 27.2. The molecule has 21 heavy (non-hydrogen) atoms. The van der Waals surface area contributed by atoms with Gasteiger partial charge in [-0.2, -0.15) is 0 Å². The van der Waals surface area contributed by atoms with Gasteiger partial charge in [0.2, 0.25) is 0 Å². The van der Waals surface area contributed by atoms with Crippen LogP contribution in [-0.4, -0.2) is 66.2 Å². The smallest absolute Gasteiger partial charge is 0.326 e. The third kappa shape index (κ3) is 4.59. The van der Waals surface area contributed by atoms with Crippen molar-refractivity contribution in [3.05, 3.63) is 0 Å². The highest BCUT2D eigenvalue weighted by Gasteiger charge is 2.40. The normalized spacial score (nSPS) is 18.0. The van der Waals surface area contributed by atoms with Crippen LogP contribution in [0.4, 0.5) is 4.79 Å². The first kappa shape index (κ1) is 17.8. The van der Waals surface area contributed by atoms with Crippen molar-refractivity contribution in [2.75, 3.05) is 27.7 Å². The molecule has 122 valence electrons. The van der Waals surface area contributed by atoms with Gasteiger partial charge in [-0.1, -0.05) is 19.8 Å². The van der Waals surface area contributed by atoms with Crippen LogP contribution < -0.4 is 5.32 Å². The Kier molecular flexibility index (Phi) is 6.45. The molecule has 6 heteroatoms. The molecule has 1 saturated carbocycles. The number of nitrogens with one attached hydrogen (secondary N) is 1. The van der Waals surface area contributed by atoms with E-state index in [0.717, 1.165) is 25.7 Å². The average Bonchev–Trinajstić information content (AvgIpc) is 2.37. The van der Waals surface area contributed by atoms with E-state index in [-0.39, 0.29) is 11.6 Å². The number of hydrogen-bond donors (Lipinski definition) is 2. The van der Waals surface area contributed by atoms with Crippen LogP contribution in [-0.2, 0) is 4.79 Å². The van der Waals surface area contributed by atoms with E-state index in [0.29, 0.717) is 13.0 Å². The molecular formula is C15H29N3O3. The molecule has 0 spiro atoms. The molecule has 0 aromatic heterocycles. The summed E-state index contributed by atoms with van der Waals surface area (Å²) < 4.78 is 0. The van der Waals surface area contributed by atoms with Crippen LogP contribution >= 0.6 is 0 Å². The number of rotatable bonds is 8. The minimum Gasteiger partial charge on any atom is -0.480 e. The molecule has 0 bridgehead atoms. The number of nitrogens with zero attached hydrogens (tertiary/aromatic N) is 2. The predicted octanol–water partition coefficient (Wildman–Crippen LogP) is 1.76. The van der Waals surface area contributed by atoms with Crippen LogP contribution in [0, 0.1) is 0 Å². The SMILES string of the molecule is CCCC[C@H](NC(=O)N(C)CC1(N(C)C)CCC1)C(=O)O. The van der Waals surface area contributed by atoms with Crippen LogP contribution in [0.1, 0.15) is 45.4 Å². The van der Waals surface area contributed by atoms with Crippen LogP contribution in [0.2, 0.25) is 0 Å². The summed E-state index contributed by atoms with van der Waals surface area (Å²) in [6.07, 6.45) is 5.53. The molecule has 0 unspecified atom stereocenters. The van der Waals surface area contributed by atoms with Crippen LogP contribution in [0.15, 0.2) is 0 Å². The van der Waals surface area contributed by atoms with Crippen molar-refractivity contribution in [1.29, 1.82) is 0 Å². The topological polar surface area (TPSA) is 72.9 Å². The zero-order valence-electron chi connectivity index (χ0n) is 13.7. The van der Waals surface area contributed by atoms with Crippen molar-refractivity contribution < 1.29 is 14.7 Å². The molecule has 1 rings (SSSR count). The summed E-state index contributed by atoms with van der Waals surface area (Å²) in [5.41, 5.74) is 0.0498. The Bertz CT molecular complexity index is 367. The Balaban J connectivity index is 2.54. The van der Waals surface area contributed by atoms with Crippen molar-refractivity contribution in [2.45, 2.75) is 57.0 Å². The number of amides is 2. The third-order valence-corrected chi connectivity index (χ3v) is 4.55. The first-order chi connectivity index (χ1) is 9.82. The second-order valence-corrected chi connectivity index (χ2v) is 6.31. The fraction of sp³-hybridized carbons (Fsp3) is 0.867. The summed E-state index contributed by atoms with van der Waals surface area (Å²) in [5.74, 6) is -0.962. The van der Waals surface area contributed by atoms with Crippen molar-refractivity contribution in [3.8, 4) is 0 Å². The number of likely N-dealkylation sites (N-methyl/N-ethyl adjacent to an activating group) is 2. The van der Waals surface area contributed by atoms with Gasteiger partial charge in [0.15, 0.2) is 0 Å². The minimum absolute atomic E-state index is 0.0498. The standard InChI is InChI=1S/C15H29N3O3/c1-5-6-8-12(13(19)20)16-14(21)18(4)11-15(17(2)3)9-7-10-15/h12H,5-11H2,1-4H3,(H,16,21)(H,19,20)/t12-/m0/s1. The number of unbranched alkanes of at least 4 members (excludes halogenated alkanes) is 1. The molecule has 2 amide bonds. The van der Waals surface area contributed by atoms with E-state index in [1.807, 2.05) is 21.0 Å². The van der Waals surface area contributed by atoms with Crippen LogP contribution in [0.5, 0.6) is 0 Å². The lowest BCUT2D eigenvalue weighted by Gasteiger charge is -2.49. The molecule has 1 fully saturated rings. The quantitative estimate of drug-likeness (QED) is 0.716. The lowest BCUT2D eigenvalue weighted by Crippen LogP contribution is -2.59. The molecule has 0 saturated heterocycles. The molecule has 6 nitrogen and oxygen atoms in total. The van der Waals surface area contributed by atoms with Crippen molar-refractivity contribution >= 4 is 12.0 Å². The molecule has 0 heterocycles. The van der Waals surface area contributed by atoms with Crippen LogP contribution in [0.3, 0.4) is 0 Å². The second kappa shape index (κ2) is 7.64. The molecule has 0 aromatic carbocycles. The predicted molar refractivity (Wildman–Crippen MR) is 82.4 cm³/mol. The molecule has 0 aliphatic heterocycles. The Morgan fingerprint density at radius 2 is 1.90 bits per heavy atom. The Hall–Kier alpha value is -1.30. The number of carbonyl (C=O) groups excluding carboxylic acids is 1. The molecule has 0 aromatic rings. The van der Waals surface area contributed by atoms with E-state index < -0.39 is 12.0 Å². The largest absolute Gasteiger partial charge is 0.480 e. The van der Waals surface area contributed by atoms with Gasteiger partial charge in [-0.25, -0.2) is 9.59 Å². The highest BCUT2D eigenvalue weighted by molar-refractivity contribution is 5.82. The van der Waals surface area contributed by atoms with E-state index in [4.69, 9.17) is 5.11 Å². The summed E-state index contributed by atoms with van der Waals surface area (Å²) in [6.45, 7) is 2.64. The maximum atomic E-state index is 12.2. The van der Waals surface area contributed by atoms with Crippen molar-refractivity contribution in [3.63, 3.8) is 0 Å². The number of aliphatic carboxylic acids is 1. The number of carboxylic acids is 1. The fourth-order valence-corrected chi connectivity index (χ4v) is 2.77. The Morgan fingerprint density at radius 1 is 1.29 bits per heavy atom. The average molecular weight is 299 g/mol. The van der Waals surface area contributed by atoms with Gasteiger partial charge in [-0.3, -0.25) is 0 Å². The maximum absolute atomic E-state index is 12.2. The lowest BCUT2D eigenvalue weighted by molar-refractivity contribution is -0.139. The summed E-state index contributed by atoms with van der Waals surface area (Å²) in [5, 5.41) is 11.8. The zero-order chi connectivity index (χ0) is 16.0. The molecule has 1 aliphatic rings. The van der Waals surface area contributed by atoms with E-state index in [9.17, 15) is 9.59 Å². The molecule has 1 aliphatic carbocycles.